The minimum atomic E-state index is -0.642. The van der Waals surface area contributed by atoms with Crippen LogP contribution in [0.1, 0.15) is 17.4 Å². The van der Waals surface area contributed by atoms with E-state index in [0.29, 0.717) is 16.9 Å². The van der Waals surface area contributed by atoms with E-state index in [1.54, 1.807) is 30.5 Å². The third kappa shape index (κ3) is 3.54. The Kier molecular flexibility index (Phi) is 4.82. The van der Waals surface area contributed by atoms with Crippen molar-refractivity contribution in [3.63, 3.8) is 0 Å². The summed E-state index contributed by atoms with van der Waals surface area (Å²) in [6.45, 7) is 1.75. The third-order valence-corrected chi connectivity index (χ3v) is 4.79. The molecule has 9 nitrogen and oxygen atoms in total. The smallest absolute Gasteiger partial charge is 0.414 e. The van der Waals surface area contributed by atoms with Crippen molar-refractivity contribution in [1.29, 1.82) is 0 Å². The normalized spacial score (nSPS) is 16.0. The number of primary amides is 1. The van der Waals surface area contributed by atoms with Crippen LogP contribution in [-0.2, 0) is 9.53 Å². The number of rotatable bonds is 5. The van der Waals surface area contributed by atoms with Gasteiger partial charge in [-0.25, -0.2) is 14.2 Å². The van der Waals surface area contributed by atoms with Crippen molar-refractivity contribution in [3.8, 4) is 11.1 Å². The highest BCUT2D eigenvalue weighted by atomic mass is 19.1. The van der Waals surface area contributed by atoms with Crippen LogP contribution < -0.4 is 16.0 Å². The molecule has 1 aromatic carbocycles. The zero-order valence-electron chi connectivity index (χ0n) is 16.0. The molecule has 0 bridgehead atoms. The Hall–Kier alpha value is -3.95. The fraction of sp³-hybridized carbons (Fsp3) is 0.200. The fourth-order valence-electron chi connectivity index (χ4n) is 3.32. The van der Waals surface area contributed by atoms with E-state index in [4.69, 9.17) is 10.5 Å². The molecule has 0 saturated carbocycles. The molecule has 154 valence electrons. The summed E-state index contributed by atoms with van der Waals surface area (Å²) in [5.41, 5.74) is 7.19. The molecule has 1 aliphatic heterocycles. The third-order valence-electron chi connectivity index (χ3n) is 4.79. The molecule has 1 saturated heterocycles. The van der Waals surface area contributed by atoms with Crippen molar-refractivity contribution in [3.05, 3.63) is 54.2 Å². The highest BCUT2D eigenvalue weighted by Crippen LogP contribution is 2.29. The quantitative estimate of drug-likeness (QED) is 0.662. The van der Waals surface area contributed by atoms with E-state index in [9.17, 15) is 18.8 Å². The molecule has 10 heteroatoms. The number of nitrogens with zero attached hydrogens (tertiary/aromatic N) is 3. The summed E-state index contributed by atoms with van der Waals surface area (Å²) in [5.74, 6) is -1.42. The molecule has 1 aliphatic rings. The Morgan fingerprint density at radius 2 is 2.13 bits per heavy atom. The molecule has 30 heavy (non-hydrogen) atoms. The molecule has 0 spiro atoms. The summed E-state index contributed by atoms with van der Waals surface area (Å²) in [4.78, 5) is 40.1. The van der Waals surface area contributed by atoms with Crippen LogP contribution in [0.2, 0.25) is 0 Å². The van der Waals surface area contributed by atoms with Gasteiger partial charge < -0.3 is 15.8 Å². The van der Waals surface area contributed by atoms with Gasteiger partial charge in [-0.05, 0) is 30.3 Å². The molecular weight excluding hydrogens is 393 g/mol. The molecular formula is C20H18FN5O4. The minimum Gasteiger partial charge on any atom is -0.442 e. The minimum absolute atomic E-state index is 0.186. The van der Waals surface area contributed by atoms with Crippen LogP contribution in [0.3, 0.4) is 0 Å². The number of nitrogens with two attached hydrogens (primary N) is 1. The standard InChI is InChI=1S/C20H18FN5O4/c1-11(27)23-7-14-10-25(20(29)30-14)13-3-4-15(16(21)6-13)12-2-5-18-24-8-17(19(22)28)26(18)9-12/h2-6,8-9,14H,7,10H2,1H3,(H2,22,28)(H,23,27)/t14-/m0/s1. The number of nitrogens with one attached hydrogen (secondary N) is 1. The average molecular weight is 411 g/mol. The van der Waals surface area contributed by atoms with Crippen molar-refractivity contribution in [1.82, 2.24) is 14.7 Å². The van der Waals surface area contributed by atoms with Crippen LogP contribution in [0.4, 0.5) is 14.9 Å². The monoisotopic (exact) mass is 411 g/mol. The van der Waals surface area contributed by atoms with E-state index in [0.717, 1.165) is 0 Å². The van der Waals surface area contributed by atoms with Gasteiger partial charge >= 0.3 is 6.09 Å². The van der Waals surface area contributed by atoms with Crippen molar-refractivity contribution < 1.29 is 23.5 Å². The highest BCUT2D eigenvalue weighted by molar-refractivity contribution is 5.92. The van der Waals surface area contributed by atoms with Gasteiger partial charge in [-0.3, -0.25) is 18.9 Å². The number of pyridine rings is 1. The van der Waals surface area contributed by atoms with E-state index >= 15 is 0 Å². The number of cyclic esters (lactones) is 1. The number of hydrogen-bond acceptors (Lipinski definition) is 5. The Bertz CT molecular complexity index is 1180. The van der Waals surface area contributed by atoms with Gasteiger partial charge in [0, 0.05) is 24.2 Å². The lowest BCUT2D eigenvalue weighted by Gasteiger charge is -2.14. The Morgan fingerprint density at radius 3 is 2.83 bits per heavy atom. The van der Waals surface area contributed by atoms with E-state index in [-0.39, 0.29) is 30.3 Å². The van der Waals surface area contributed by atoms with Gasteiger partial charge in [0.15, 0.2) is 0 Å². The number of anilines is 1. The average Bonchev–Trinajstić information content (AvgIpc) is 3.29. The predicted octanol–water partition coefficient (Wildman–Crippen LogP) is 1.70. The molecule has 4 rings (SSSR count). The molecule has 3 amide bonds. The Balaban J connectivity index is 1.60. The van der Waals surface area contributed by atoms with Crippen molar-refractivity contribution in [2.24, 2.45) is 5.73 Å². The molecule has 3 heterocycles. The summed E-state index contributed by atoms with van der Waals surface area (Å²) < 4.78 is 21.6. The zero-order chi connectivity index (χ0) is 21.4. The van der Waals surface area contributed by atoms with Crippen LogP contribution in [0.5, 0.6) is 0 Å². The number of carbonyl (C=O) groups excluding carboxylic acids is 3. The topological polar surface area (TPSA) is 119 Å². The lowest BCUT2D eigenvalue weighted by Crippen LogP contribution is -2.33. The first kappa shape index (κ1) is 19.4. The van der Waals surface area contributed by atoms with Crippen LogP contribution in [0.15, 0.2) is 42.7 Å². The Labute approximate surface area is 170 Å². The molecule has 0 unspecified atom stereocenters. The largest absolute Gasteiger partial charge is 0.442 e. The Morgan fingerprint density at radius 1 is 1.33 bits per heavy atom. The molecule has 3 N–H and O–H groups in total. The van der Waals surface area contributed by atoms with E-state index in [2.05, 4.69) is 10.3 Å². The maximum atomic E-state index is 14.9. The summed E-state index contributed by atoms with van der Waals surface area (Å²) in [5, 5.41) is 2.59. The highest BCUT2D eigenvalue weighted by Gasteiger charge is 2.32. The number of halogens is 1. The lowest BCUT2D eigenvalue weighted by atomic mass is 10.1. The second-order valence-electron chi connectivity index (χ2n) is 6.87. The first-order valence-electron chi connectivity index (χ1n) is 9.13. The molecule has 1 fully saturated rings. The van der Waals surface area contributed by atoms with Crippen LogP contribution in [0, 0.1) is 5.82 Å². The first-order chi connectivity index (χ1) is 14.3. The second-order valence-corrected chi connectivity index (χ2v) is 6.87. The van der Waals surface area contributed by atoms with Gasteiger partial charge in [-0.2, -0.15) is 0 Å². The van der Waals surface area contributed by atoms with Gasteiger partial charge in [0.05, 0.1) is 25.0 Å². The van der Waals surface area contributed by atoms with E-state index in [1.807, 2.05) is 0 Å². The van der Waals surface area contributed by atoms with Gasteiger partial charge in [-0.15, -0.1) is 0 Å². The van der Waals surface area contributed by atoms with Crippen molar-refractivity contribution in [2.75, 3.05) is 18.0 Å². The number of amides is 3. The zero-order valence-corrected chi connectivity index (χ0v) is 16.0. The van der Waals surface area contributed by atoms with Gasteiger partial charge in [0.2, 0.25) is 5.91 Å². The van der Waals surface area contributed by atoms with Crippen molar-refractivity contribution >= 4 is 29.2 Å². The summed E-state index contributed by atoms with van der Waals surface area (Å²) in [6.07, 6.45) is 1.81. The number of hydrogen-bond donors (Lipinski definition) is 2. The molecule has 0 radical (unpaired) electrons. The lowest BCUT2D eigenvalue weighted by molar-refractivity contribution is -0.119. The molecule has 3 aromatic rings. The van der Waals surface area contributed by atoms with Gasteiger partial charge in [0.25, 0.3) is 5.91 Å². The molecule has 0 aliphatic carbocycles. The van der Waals surface area contributed by atoms with Crippen LogP contribution >= 0.6 is 0 Å². The first-order valence-corrected chi connectivity index (χ1v) is 9.13. The second kappa shape index (κ2) is 7.47. The van der Waals surface area contributed by atoms with Gasteiger partial charge in [0.1, 0.15) is 23.3 Å². The number of imidazole rings is 1. The van der Waals surface area contributed by atoms with E-state index < -0.39 is 23.9 Å². The number of benzene rings is 1. The number of ether oxygens (including phenoxy) is 1. The maximum Gasteiger partial charge on any atom is 0.414 e. The number of carbonyl (C=O) groups is 3. The van der Waals surface area contributed by atoms with E-state index in [1.165, 1.54) is 28.5 Å². The van der Waals surface area contributed by atoms with Crippen LogP contribution in [-0.4, -0.2) is 46.5 Å². The molecule has 1 atom stereocenters. The maximum absolute atomic E-state index is 14.9. The SMILES string of the molecule is CC(=O)NC[C@H]1CN(c2ccc(-c3ccc4ncc(C(N)=O)n4c3)c(F)c2)C(=O)O1. The summed E-state index contributed by atoms with van der Waals surface area (Å²) in [6, 6.07) is 7.72. The summed E-state index contributed by atoms with van der Waals surface area (Å²) >= 11 is 0. The van der Waals surface area contributed by atoms with Crippen LogP contribution in [0.25, 0.3) is 16.8 Å². The number of fused-ring (bicyclic) bond motifs is 1. The van der Waals surface area contributed by atoms with Crippen molar-refractivity contribution in [2.45, 2.75) is 13.0 Å². The molecule has 2 aromatic heterocycles. The predicted molar refractivity (Wildman–Crippen MR) is 105 cm³/mol. The van der Waals surface area contributed by atoms with Gasteiger partial charge in [-0.1, -0.05) is 0 Å². The number of aromatic nitrogens is 2. The fourth-order valence-corrected chi connectivity index (χ4v) is 3.32. The summed E-state index contributed by atoms with van der Waals surface area (Å²) in [7, 11) is 0.